The van der Waals surface area contributed by atoms with E-state index in [0.29, 0.717) is 11.2 Å². The Hall–Kier alpha value is -2.21. The molecule has 19 heavy (non-hydrogen) atoms. The summed E-state index contributed by atoms with van der Waals surface area (Å²) in [6, 6.07) is 5.67. The lowest BCUT2D eigenvalue weighted by molar-refractivity contribution is 0.749. The van der Waals surface area contributed by atoms with Gasteiger partial charge < -0.3 is 5.32 Å². The molecule has 96 valence electrons. The van der Waals surface area contributed by atoms with E-state index < -0.39 is 0 Å². The molecule has 0 saturated heterocycles. The summed E-state index contributed by atoms with van der Waals surface area (Å²) in [6.07, 6.45) is 3.32. The molecule has 3 aromatic rings. The van der Waals surface area contributed by atoms with Gasteiger partial charge in [-0.25, -0.2) is 9.97 Å². The number of aromatic nitrogens is 3. The Morgan fingerprint density at radius 3 is 3.11 bits per heavy atom. The van der Waals surface area contributed by atoms with E-state index in [0.717, 1.165) is 16.9 Å². The van der Waals surface area contributed by atoms with Gasteiger partial charge in [-0.3, -0.25) is 9.36 Å². The van der Waals surface area contributed by atoms with Crippen LogP contribution >= 0.6 is 11.3 Å². The molecule has 1 N–H and O–H groups in total. The van der Waals surface area contributed by atoms with Crippen molar-refractivity contribution in [1.82, 2.24) is 14.5 Å². The van der Waals surface area contributed by atoms with Gasteiger partial charge in [0.1, 0.15) is 10.5 Å². The van der Waals surface area contributed by atoms with Crippen LogP contribution in [0, 0.1) is 0 Å². The van der Waals surface area contributed by atoms with Crippen LogP contribution in [0.3, 0.4) is 0 Å². The second kappa shape index (κ2) is 4.81. The number of rotatable bonds is 3. The van der Waals surface area contributed by atoms with Gasteiger partial charge >= 0.3 is 0 Å². The second-order valence-corrected chi connectivity index (χ2v) is 5.03. The summed E-state index contributed by atoms with van der Waals surface area (Å²) >= 11 is 1.43. The van der Waals surface area contributed by atoms with Crippen molar-refractivity contribution in [3.05, 3.63) is 52.0 Å². The molecule has 0 aliphatic rings. The molecule has 0 aliphatic carbocycles. The van der Waals surface area contributed by atoms with E-state index >= 15 is 0 Å². The number of fused-ring (bicyclic) bond motifs is 1. The van der Waals surface area contributed by atoms with E-state index in [1.807, 2.05) is 30.6 Å². The Labute approximate surface area is 113 Å². The van der Waals surface area contributed by atoms with Crippen molar-refractivity contribution in [3.63, 3.8) is 0 Å². The number of nitrogens with zero attached hydrogens (tertiary/aromatic N) is 3. The minimum Gasteiger partial charge on any atom is -0.373 e. The molecule has 0 atom stereocenters. The number of thiophene rings is 1. The van der Waals surface area contributed by atoms with Crippen molar-refractivity contribution in [2.45, 2.75) is 6.54 Å². The zero-order chi connectivity index (χ0) is 13.2. The highest BCUT2D eigenvalue weighted by molar-refractivity contribution is 7.17. The monoisotopic (exact) mass is 272 g/mol. The van der Waals surface area contributed by atoms with Crippen LogP contribution in [0.4, 0.5) is 5.82 Å². The van der Waals surface area contributed by atoms with Crippen LogP contribution in [-0.2, 0) is 6.54 Å². The molecule has 0 saturated carbocycles. The first-order chi connectivity index (χ1) is 9.28. The van der Waals surface area contributed by atoms with Crippen molar-refractivity contribution >= 4 is 27.4 Å². The van der Waals surface area contributed by atoms with Crippen molar-refractivity contribution in [2.75, 3.05) is 12.4 Å². The van der Waals surface area contributed by atoms with Gasteiger partial charge in [-0.15, -0.1) is 11.3 Å². The van der Waals surface area contributed by atoms with Crippen LogP contribution in [-0.4, -0.2) is 21.6 Å². The number of anilines is 1. The molecular formula is C13H12N4OS. The summed E-state index contributed by atoms with van der Waals surface area (Å²) in [6.45, 7) is 0.497. The first-order valence-electron chi connectivity index (χ1n) is 5.83. The van der Waals surface area contributed by atoms with Gasteiger partial charge in [0.15, 0.2) is 0 Å². The van der Waals surface area contributed by atoms with Crippen LogP contribution in [0.2, 0.25) is 0 Å². The van der Waals surface area contributed by atoms with Gasteiger partial charge in [0.25, 0.3) is 5.56 Å². The SMILES string of the molecule is CNc1cc(Cn2cnc3ccsc3c2=O)ccn1. The smallest absolute Gasteiger partial charge is 0.271 e. The minimum absolute atomic E-state index is 0.00261. The van der Waals surface area contributed by atoms with Crippen molar-refractivity contribution in [3.8, 4) is 0 Å². The lowest BCUT2D eigenvalue weighted by Crippen LogP contribution is -2.20. The zero-order valence-electron chi connectivity index (χ0n) is 10.3. The highest BCUT2D eigenvalue weighted by Crippen LogP contribution is 2.14. The summed E-state index contributed by atoms with van der Waals surface area (Å²) in [4.78, 5) is 20.7. The predicted octanol–water partition coefficient (Wildman–Crippen LogP) is 1.94. The van der Waals surface area contributed by atoms with Gasteiger partial charge in [0.2, 0.25) is 0 Å². The summed E-state index contributed by atoms with van der Waals surface area (Å²) in [5.41, 5.74) is 1.78. The molecule has 0 aromatic carbocycles. The van der Waals surface area contributed by atoms with Gasteiger partial charge in [0.05, 0.1) is 18.4 Å². The molecule has 0 radical (unpaired) electrons. The molecule has 0 spiro atoms. The highest BCUT2D eigenvalue weighted by Gasteiger charge is 2.06. The van der Waals surface area contributed by atoms with Gasteiger partial charge in [-0.1, -0.05) is 0 Å². The molecule has 0 bridgehead atoms. The number of hydrogen-bond acceptors (Lipinski definition) is 5. The Morgan fingerprint density at radius 2 is 2.26 bits per heavy atom. The third-order valence-electron chi connectivity index (χ3n) is 2.87. The Balaban J connectivity index is 2.00. The number of pyridine rings is 1. The van der Waals surface area contributed by atoms with Crippen molar-refractivity contribution in [1.29, 1.82) is 0 Å². The van der Waals surface area contributed by atoms with Gasteiger partial charge in [-0.2, -0.15) is 0 Å². The first-order valence-corrected chi connectivity index (χ1v) is 6.71. The summed E-state index contributed by atoms with van der Waals surface area (Å²) in [7, 11) is 1.82. The average Bonchev–Trinajstić information content (AvgIpc) is 2.91. The standard InChI is InChI=1S/C13H12N4OS/c1-14-11-6-9(2-4-15-11)7-17-8-16-10-3-5-19-12(10)13(17)18/h2-6,8H,7H2,1H3,(H,14,15). The maximum Gasteiger partial charge on any atom is 0.271 e. The predicted molar refractivity (Wildman–Crippen MR) is 76.8 cm³/mol. The van der Waals surface area contributed by atoms with E-state index in [2.05, 4.69) is 15.3 Å². The molecular weight excluding hydrogens is 260 g/mol. The van der Waals surface area contributed by atoms with Crippen LogP contribution in [0.1, 0.15) is 5.56 Å². The van der Waals surface area contributed by atoms with Crippen LogP contribution in [0.25, 0.3) is 10.2 Å². The Bertz CT molecular complexity index is 777. The number of hydrogen-bond donors (Lipinski definition) is 1. The van der Waals surface area contributed by atoms with Crippen LogP contribution in [0.5, 0.6) is 0 Å². The largest absolute Gasteiger partial charge is 0.373 e. The first kappa shape index (κ1) is 11.9. The third-order valence-corrected chi connectivity index (χ3v) is 3.76. The van der Waals surface area contributed by atoms with E-state index in [1.165, 1.54) is 11.3 Å². The third kappa shape index (κ3) is 2.22. The molecule has 3 aromatic heterocycles. The highest BCUT2D eigenvalue weighted by atomic mass is 32.1. The Morgan fingerprint density at radius 1 is 1.37 bits per heavy atom. The van der Waals surface area contributed by atoms with E-state index in [9.17, 15) is 4.79 Å². The molecule has 0 aliphatic heterocycles. The van der Waals surface area contributed by atoms with E-state index in [-0.39, 0.29) is 5.56 Å². The fraction of sp³-hybridized carbons (Fsp3) is 0.154. The maximum atomic E-state index is 12.3. The molecule has 0 unspecified atom stereocenters. The quantitative estimate of drug-likeness (QED) is 0.791. The van der Waals surface area contributed by atoms with Crippen molar-refractivity contribution in [2.24, 2.45) is 0 Å². The molecule has 0 fully saturated rings. The summed E-state index contributed by atoms with van der Waals surface area (Å²) < 4.78 is 2.32. The van der Waals surface area contributed by atoms with E-state index in [1.54, 1.807) is 17.1 Å². The number of nitrogens with one attached hydrogen (secondary N) is 1. The topological polar surface area (TPSA) is 59.8 Å². The molecule has 6 heteroatoms. The average molecular weight is 272 g/mol. The second-order valence-electron chi connectivity index (χ2n) is 4.11. The van der Waals surface area contributed by atoms with E-state index in [4.69, 9.17) is 0 Å². The molecule has 5 nitrogen and oxygen atoms in total. The van der Waals surface area contributed by atoms with Gasteiger partial charge in [-0.05, 0) is 29.1 Å². The lowest BCUT2D eigenvalue weighted by atomic mass is 10.2. The molecule has 0 amide bonds. The van der Waals surface area contributed by atoms with Crippen molar-refractivity contribution < 1.29 is 0 Å². The maximum absolute atomic E-state index is 12.3. The summed E-state index contributed by atoms with van der Waals surface area (Å²) in [5, 5.41) is 4.87. The fourth-order valence-electron chi connectivity index (χ4n) is 1.90. The molecule has 3 heterocycles. The minimum atomic E-state index is 0.00261. The summed E-state index contributed by atoms with van der Waals surface area (Å²) in [5.74, 6) is 0.788. The van der Waals surface area contributed by atoms with Crippen LogP contribution < -0.4 is 10.9 Å². The Kier molecular flexibility index (Phi) is 3.00. The lowest BCUT2D eigenvalue weighted by Gasteiger charge is -2.06. The zero-order valence-corrected chi connectivity index (χ0v) is 11.1. The fourth-order valence-corrected chi connectivity index (χ4v) is 2.69. The normalized spacial score (nSPS) is 10.8. The van der Waals surface area contributed by atoms with Gasteiger partial charge in [0, 0.05) is 13.2 Å². The van der Waals surface area contributed by atoms with Crippen LogP contribution in [0.15, 0.2) is 40.9 Å². The molecule has 3 rings (SSSR count).